The van der Waals surface area contributed by atoms with E-state index in [4.69, 9.17) is 11.6 Å². The first-order valence-corrected chi connectivity index (χ1v) is 10.7. The minimum absolute atomic E-state index is 0.0118. The molecule has 2 unspecified atom stereocenters. The van der Waals surface area contributed by atoms with Crippen LogP contribution in [-0.2, 0) is 10.0 Å². The molecule has 1 aromatic carbocycles. The molecule has 1 saturated carbocycles. The van der Waals surface area contributed by atoms with E-state index < -0.39 is 10.0 Å². The molecule has 1 aliphatic carbocycles. The van der Waals surface area contributed by atoms with E-state index >= 15 is 0 Å². The van der Waals surface area contributed by atoms with Crippen LogP contribution >= 0.6 is 11.6 Å². The monoisotopic (exact) mass is 384 g/mol. The minimum Gasteiger partial charge on any atom is -0.335 e. The Morgan fingerprint density at radius 2 is 1.84 bits per heavy atom. The number of carbonyl (C=O) groups is 1. The molecule has 0 bridgehead atoms. The van der Waals surface area contributed by atoms with Crippen molar-refractivity contribution in [3.63, 3.8) is 0 Å². The van der Waals surface area contributed by atoms with Gasteiger partial charge in [0.25, 0.3) is 5.91 Å². The third kappa shape index (κ3) is 3.57. The van der Waals surface area contributed by atoms with Gasteiger partial charge in [-0.1, -0.05) is 24.4 Å². The third-order valence-electron chi connectivity index (χ3n) is 5.44. The maximum atomic E-state index is 13.1. The number of hydrogen-bond donors (Lipinski definition) is 0. The predicted molar refractivity (Wildman–Crippen MR) is 98.3 cm³/mol. The number of rotatable bonds is 3. The second-order valence-electron chi connectivity index (χ2n) is 7.19. The average molecular weight is 385 g/mol. The van der Waals surface area contributed by atoms with Gasteiger partial charge in [0.1, 0.15) is 4.90 Å². The molecule has 0 N–H and O–H groups in total. The van der Waals surface area contributed by atoms with Gasteiger partial charge in [0.05, 0.1) is 5.02 Å². The molecule has 1 aliphatic heterocycles. The largest absolute Gasteiger partial charge is 0.335 e. The summed E-state index contributed by atoms with van der Waals surface area (Å²) >= 11 is 6.10. The molecule has 2 atom stereocenters. The summed E-state index contributed by atoms with van der Waals surface area (Å²) < 4.78 is 26.0. The van der Waals surface area contributed by atoms with Crippen LogP contribution in [0.15, 0.2) is 23.1 Å². The van der Waals surface area contributed by atoms with Crippen LogP contribution in [0.25, 0.3) is 0 Å². The van der Waals surface area contributed by atoms with Crippen LogP contribution in [0.2, 0.25) is 5.02 Å². The number of halogens is 1. The van der Waals surface area contributed by atoms with Crippen molar-refractivity contribution in [2.75, 3.05) is 20.6 Å². The Bertz CT molecular complexity index is 762. The minimum atomic E-state index is -3.69. The van der Waals surface area contributed by atoms with Crippen LogP contribution in [0.3, 0.4) is 0 Å². The Balaban J connectivity index is 1.92. The molecule has 25 heavy (non-hydrogen) atoms. The lowest BCUT2D eigenvalue weighted by Crippen LogP contribution is -2.49. The molecular weight excluding hydrogens is 360 g/mol. The second kappa shape index (κ2) is 7.25. The van der Waals surface area contributed by atoms with Crippen molar-refractivity contribution in [3.05, 3.63) is 28.8 Å². The maximum absolute atomic E-state index is 13.1. The van der Waals surface area contributed by atoms with Crippen molar-refractivity contribution < 1.29 is 13.2 Å². The lowest BCUT2D eigenvalue weighted by atomic mass is 9.78. The van der Waals surface area contributed by atoms with Gasteiger partial charge in [-0.2, -0.15) is 0 Å². The van der Waals surface area contributed by atoms with E-state index in [1.54, 1.807) is 6.07 Å². The van der Waals surface area contributed by atoms with Crippen molar-refractivity contribution in [2.45, 2.75) is 49.5 Å². The molecule has 0 radical (unpaired) electrons. The number of likely N-dealkylation sites (tertiary alicyclic amines) is 1. The van der Waals surface area contributed by atoms with Gasteiger partial charge < -0.3 is 4.90 Å². The topological polar surface area (TPSA) is 57.7 Å². The SMILES string of the molecule is CN(C)S(=O)(=O)c1cc(C(=O)N2CCCC3CCCCC32)ccc1Cl. The van der Waals surface area contributed by atoms with E-state index in [0.29, 0.717) is 17.5 Å². The fraction of sp³-hybridized carbons (Fsp3) is 0.611. The molecular formula is C18H25ClN2O3S. The summed E-state index contributed by atoms with van der Waals surface area (Å²) in [4.78, 5) is 15.0. The van der Waals surface area contributed by atoms with E-state index in [9.17, 15) is 13.2 Å². The van der Waals surface area contributed by atoms with E-state index in [2.05, 4.69) is 0 Å². The Morgan fingerprint density at radius 1 is 1.16 bits per heavy atom. The van der Waals surface area contributed by atoms with Gasteiger partial charge in [-0.25, -0.2) is 12.7 Å². The Morgan fingerprint density at radius 3 is 2.56 bits per heavy atom. The lowest BCUT2D eigenvalue weighted by Gasteiger charge is -2.44. The highest BCUT2D eigenvalue weighted by Gasteiger charge is 2.36. The number of amides is 1. The number of nitrogens with zero attached hydrogens (tertiary/aromatic N) is 2. The van der Waals surface area contributed by atoms with Gasteiger partial charge in [-0.3, -0.25) is 4.79 Å². The highest BCUT2D eigenvalue weighted by Crippen LogP contribution is 2.36. The highest BCUT2D eigenvalue weighted by atomic mass is 35.5. The van der Waals surface area contributed by atoms with Gasteiger partial charge in [-0.05, 0) is 49.8 Å². The first-order valence-electron chi connectivity index (χ1n) is 8.85. The molecule has 1 amide bonds. The zero-order valence-corrected chi connectivity index (χ0v) is 16.3. The first-order chi connectivity index (χ1) is 11.8. The molecule has 0 spiro atoms. The van der Waals surface area contributed by atoms with Crippen LogP contribution < -0.4 is 0 Å². The van der Waals surface area contributed by atoms with Crippen molar-refractivity contribution in [3.8, 4) is 0 Å². The molecule has 1 aromatic rings. The summed E-state index contributed by atoms with van der Waals surface area (Å²) in [6.45, 7) is 0.748. The predicted octanol–water partition coefficient (Wildman–Crippen LogP) is 3.39. The van der Waals surface area contributed by atoms with E-state index in [0.717, 1.165) is 30.1 Å². The fourth-order valence-electron chi connectivity index (χ4n) is 4.07. The van der Waals surface area contributed by atoms with Gasteiger partial charge in [0, 0.05) is 32.2 Å². The summed E-state index contributed by atoms with van der Waals surface area (Å²) in [5.41, 5.74) is 0.399. The van der Waals surface area contributed by atoms with Crippen molar-refractivity contribution >= 4 is 27.5 Å². The normalized spacial score (nSPS) is 24.2. The highest BCUT2D eigenvalue weighted by molar-refractivity contribution is 7.89. The van der Waals surface area contributed by atoms with Crippen LogP contribution in [0.4, 0.5) is 0 Å². The standard InChI is InChI=1S/C18H25ClN2O3S/c1-20(2)25(23,24)17-12-14(9-10-15(17)19)18(22)21-11-5-7-13-6-3-4-8-16(13)21/h9-10,12-13,16H,3-8,11H2,1-2H3. The van der Waals surface area contributed by atoms with E-state index in [1.807, 2.05) is 4.90 Å². The van der Waals surface area contributed by atoms with Crippen LogP contribution in [0.1, 0.15) is 48.9 Å². The van der Waals surface area contributed by atoms with E-state index in [1.165, 1.54) is 45.5 Å². The first kappa shape index (κ1) is 18.7. The lowest BCUT2D eigenvalue weighted by molar-refractivity contribution is 0.0390. The quantitative estimate of drug-likeness (QED) is 0.802. The second-order valence-corrected chi connectivity index (χ2v) is 9.71. The molecule has 1 saturated heterocycles. The Hall–Kier alpha value is -1.11. The van der Waals surface area contributed by atoms with Crippen molar-refractivity contribution in [1.29, 1.82) is 0 Å². The number of fused-ring (bicyclic) bond motifs is 1. The van der Waals surface area contributed by atoms with Crippen LogP contribution in [0, 0.1) is 5.92 Å². The number of hydrogen-bond acceptors (Lipinski definition) is 3. The summed E-state index contributed by atoms with van der Waals surface area (Å²) in [7, 11) is -0.775. The average Bonchev–Trinajstić information content (AvgIpc) is 2.60. The van der Waals surface area contributed by atoms with Gasteiger partial charge in [0.15, 0.2) is 0 Å². The summed E-state index contributed by atoms with van der Waals surface area (Å²) in [5.74, 6) is 0.507. The van der Waals surface area contributed by atoms with Crippen LogP contribution in [-0.4, -0.2) is 50.2 Å². The maximum Gasteiger partial charge on any atom is 0.254 e. The molecule has 138 valence electrons. The third-order valence-corrected chi connectivity index (χ3v) is 7.74. The summed E-state index contributed by atoms with van der Waals surface area (Å²) in [5, 5.41) is 0.138. The van der Waals surface area contributed by atoms with Crippen molar-refractivity contribution in [1.82, 2.24) is 9.21 Å². The number of sulfonamides is 1. The van der Waals surface area contributed by atoms with Gasteiger partial charge in [0.2, 0.25) is 10.0 Å². The van der Waals surface area contributed by atoms with Gasteiger partial charge >= 0.3 is 0 Å². The van der Waals surface area contributed by atoms with E-state index in [-0.39, 0.29) is 15.8 Å². The number of carbonyl (C=O) groups excluding carboxylic acids is 1. The van der Waals surface area contributed by atoms with Crippen molar-refractivity contribution in [2.24, 2.45) is 5.92 Å². The smallest absolute Gasteiger partial charge is 0.254 e. The molecule has 0 aromatic heterocycles. The molecule has 2 aliphatic rings. The molecule has 3 rings (SSSR count). The molecule has 1 heterocycles. The van der Waals surface area contributed by atoms with Crippen LogP contribution in [0.5, 0.6) is 0 Å². The summed E-state index contributed by atoms with van der Waals surface area (Å²) in [6, 6.07) is 4.85. The Kier molecular flexibility index (Phi) is 5.42. The molecule has 5 nitrogen and oxygen atoms in total. The number of benzene rings is 1. The molecule has 2 fully saturated rings. The fourth-order valence-corrected chi connectivity index (χ4v) is 5.47. The zero-order valence-electron chi connectivity index (χ0n) is 14.7. The molecule has 7 heteroatoms. The number of piperidine rings is 1. The van der Waals surface area contributed by atoms with Gasteiger partial charge in [-0.15, -0.1) is 0 Å². The zero-order chi connectivity index (χ0) is 18.2. The Labute approximate surface area is 155 Å². The summed E-state index contributed by atoms with van der Waals surface area (Å²) in [6.07, 6.45) is 6.85.